The number of hydrogen-bond acceptors (Lipinski definition) is 1. The van der Waals surface area contributed by atoms with E-state index in [0.29, 0.717) is 4.43 Å². The fourth-order valence-corrected chi connectivity index (χ4v) is 1.62. The van der Waals surface area contributed by atoms with E-state index in [4.69, 9.17) is 0 Å². The second-order valence-corrected chi connectivity index (χ2v) is 4.32. The van der Waals surface area contributed by atoms with Crippen molar-refractivity contribution in [3.05, 3.63) is 28.2 Å². The van der Waals surface area contributed by atoms with Gasteiger partial charge in [0, 0.05) is 10.2 Å². The molecule has 0 spiro atoms. The van der Waals surface area contributed by atoms with Crippen LogP contribution < -0.4 is 5.32 Å². The third-order valence-electron chi connectivity index (χ3n) is 1.58. The molecule has 2 nitrogen and oxygen atoms in total. The SMILES string of the molecule is Cc1cc(Br)ccc1NC(=O)CI. The van der Waals surface area contributed by atoms with E-state index in [1.165, 1.54) is 0 Å². The Morgan fingerprint density at radius 2 is 2.31 bits per heavy atom. The highest BCUT2D eigenvalue weighted by molar-refractivity contribution is 14.1. The van der Waals surface area contributed by atoms with E-state index in [1.54, 1.807) is 0 Å². The van der Waals surface area contributed by atoms with E-state index in [0.717, 1.165) is 15.7 Å². The molecule has 1 aromatic carbocycles. The molecule has 0 unspecified atom stereocenters. The normalized spacial score (nSPS) is 9.77. The Kier molecular flexibility index (Phi) is 4.18. The number of nitrogens with one attached hydrogen (secondary N) is 1. The van der Waals surface area contributed by atoms with Crippen LogP contribution in [0.2, 0.25) is 0 Å². The molecule has 0 bridgehead atoms. The van der Waals surface area contributed by atoms with Gasteiger partial charge >= 0.3 is 0 Å². The number of carbonyl (C=O) groups is 1. The van der Waals surface area contributed by atoms with Crippen molar-refractivity contribution in [1.82, 2.24) is 0 Å². The molecule has 0 aliphatic heterocycles. The van der Waals surface area contributed by atoms with Gasteiger partial charge in [-0.3, -0.25) is 4.79 Å². The molecule has 13 heavy (non-hydrogen) atoms. The van der Waals surface area contributed by atoms with Gasteiger partial charge in [-0.25, -0.2) is 0 Å². The first kappa shape index (κ1) is 11.0. The molecule has 0 aromatic heterocycles. The van der Waals surface area contributed by atoms with Gasteiger partial charge in [0.05, 0.1) is 4.43 Å². The molecule has 70 valence electrons. The fraction of sp³-hybridized carbons (Fsp3) is 0.222. The average Bonchev–Trinajstić information content (AvgIpc) is 2.09. The number of amides is 1. The van der Waals surface area contributed by atoms with Gasteiger partial charge < -0.3 is 5.32 Å². The van der Waals surface area contributed by atoms with Crippen LogP contribution in [0.3, 0.4) is 0 Å². The number of halogens is 2. The van der Waals surface area contributed by atoms with Crippen LogP contribution in [0.4, 0.5) is 5.69 Å². The van der Waals surface area contributed by atoms with Gasteiger partial charge in [0.15, 0.2) is 0 Å². The van der Waals surface area contributed by atoms with Gasteiger partial charge in [-0.1, -0.05) is 38.5 Å². The van der Waals surface area contributed by atoms with Crippen molar-refractivity contribution in [3.8, 4) is 0 Å². The monoisotopic (exact) mass is 353 g/mol. The first-order chi connectivity index (χ1) is 6.13. The Hall–Kier alpha value is -0.100. The lowest BCUT2D eigenvalue weighted by Crippen LogP contribution is -2.12. The Bertz CT molecular complexity index is 327. The maximum absolute atomic E-state index is 11.1. The zero-order valence-corrected chi connectivity index (χ0v) is 10.8. The van der Waals surface area contributed by atoms with Crippen LogP contribution in [0.25, 0.3) is 0 Å². The van der Waals surface area contributed by atoms with Crippen molar-refractivity contribution < 1.29 is 4.79 Å². The summed E-state index contributed by atoms with van der Waals surface area (Å²) in [4.78, 5) is 11.1. The second-order valence-electron chi connectivity index (χ2n) is 2.64. The number of benzene rings is 1. The van der Waals surface area contributed by atoms with Gasteiger partial charge in [0.25, 0.3) is 0 Å². The van der Waals surface area contributed by atoms with E-state index >= 15 is 0 Å². The van der Waals surface area contributed by atoms with Crippen LogP contribution in [-0.4, -0.2) is 10.3 Å². The lowest BCUT2D eigenvalue weighted by atomic mass is 10.2. The molecule has 0 heterocycles. The number of aryl methyl sites for hydroxylation is 1. The van der Waals surface area contributed by atoms with E-state index < -0.39 is 0 Å². The molecule has 1 N–H and O–H groups in total. The average molecular weight is 354 g/mol. The van der Waals surface area contributed by atoms with Crippen molar-refractivity contribution in [3.63, 3.8) is 0 Å². The predicted octanol–water partition coefficient (Wildman–Crippen LogP) is 3.13. The maximum Gasteiger partial charge on any atom is 0.234 e. The summed E-state index contributed by atoms with van der Waals surface area (Å²) in [6.07, 6.45) is 0. The Labute approximate surface area is 99.4 Å². The largest absolute Gasteiger partial charge is 0.325 e. The van der Waals surface area contributed by atoms with Gasteiger partial charge in [-0.15, -0.1) is 0 Å². The van der Waals surface area contributed by atoms with Crippen LogP contribution in [0, 0.1) is 6.92 Å². The van der Waals surface area contributed by atoms with Gasteiger partial charge in [-0.05, 0) is 30.7 Å². The van der Waals surface area contributed by atoms with E-state index in [-0.39, 0.29) is 5.91 Å². The number of rotatable bonds is 2. The molecule has 0 aliphatic rings. The number of carbonyl (C=O) groups excluding carboxylic acids is 1. The van der Waals surface area contributed by atoms with Crippen molar-refractivity contribution in [2.45, 2.75) is 6.92 Å². The zero-order valence-electron chi connectivity index (χ0n) is 7.10. The van der Waals surface area contributed by atoms with Crippen molar-refractivity contribution in [2.24, 2.45) is 0 Å². The summed E-state index contributed by atoms with van der Waals surface area (Å²) in [7, 11) is 0. The molecule has 0 fully saturated rings. The van der Waals surface area contributed by atoms with Crippen LogP contribution >= 0.6 is 38.5 Å². The number of anilines is 1. The van der Waals surface area contributed by atoms with Crippen LogP contribution in [0.5, 0.6) is 0 Å². The molecule has 0 aliphatic carbocycles. The third-order valence-corrected chi connectivity index (χ3v) is 2.77. The first-order valence-electron chi connectivity index (χ1n) is 3.75. The molecule has 4 heteroatoms. The Balaban J connectivity index is 2.83. The second kappa shape index (κ2) is 4.95. The highest BCUT2D eigenvalue weighted by atomic mass is 127. The Morgan fingerprint density at radius 3 is 2.85 bits per heavy atom. The summed E-state index contributed by atoms with van der Waals surface area (Å²) in [6.45, 7) is 1.97. The van der Waals surface area contributed by atoms with E-state index in [2.05, 4.69) is 21.2 Å². The highest BCUT2D eigenvalue weighted by Crippen LogP contribution is 2.19. The summed E-state index contributed by atoms with van der Waals surface area (Å²) < 4.78 is 1.50. The summed E-state index contributed by atoms with van der Waals surface area (Å²) in [5, 5.41) is 2.82. The van der Waals surface area contributed by atoms with Crippen LogP contribution in [0.1, 0.15) is 5.56 Å². The molecule has 1 amide bonds. The maximum atomic E-state index is 11.1. The fourth-order valence-electron chi connectivity index (χ4n) is 0.951. The predicted molar refractivity (Wildman–Crippen MR) is 66.4 cm³/mol. The third kappa shape index (κ3) is 3.27. The molecule has 0 radical (unpaired) electrons. The van der Waals surface area contributed by atoms with Crippen LogP contribution in [0.15, 0.2) is 22.7 Å². The highest BCUT2D eigenvalue weighted by Gasteiger charge is 2.02. The lowest BCUT2D eigenvalue weighted by Gasteiger charge is -2.06. The minimum atomic E-state index is 0.0334. The first-order valence-corrected chi connectivity index (χ1v) is 6.07. The summed E-state index contributed by atoms with van der Waals surface area (Å²) in [5.74, 6) is 0.0334. The van der Waals surface area contributed by atoms with E-state index in [9.17, 15) is 4.79 Å². The smallest absolute Gasteiger partial charge is 0.234 e. The summed E-state index contributed by atoms with van der Waals surface area (Å²) in [5.41, 5.74) is 1.94. The van der Waals surface area contributed by atoms with E-state index in [1.807, 2.05) is 47.7 Å². The molecule has 0 atom stereocenters. The Morgan fingerprint density at radius 1 is 1.62 bits per heavy atom. The molecular formula is C9H9BrINO. The lowest BCUT2D eigenvalue weighted by molar-refractivity contribution is -0.113. The standard InChI is InChI=1S/C9H9BrINO/c1-6-4-7(10)2-3-8(6)12-9(13)5-11/h2-4H,5H2,1H3,(H,12,13). The van der Waals surface area contributed by atoms with Crippen molar-refractivity contribution in [1.29, 1.82) is 0 Å². The minimum absolute atomic E-state index is 0.0334. The zero-order chi connectivity index (χ0) is 9.84. The number of hydrogen-bond donors (Lipinski definition) is 1. The number of alkyl halides is 1. The van der Waals surface area contributed by atoms with Gasteiger partial charge in [0.2, 0.25) is 5.91 Å². The minimum Gasteiger partial charge on any atom is -0.325 e. The molecule has 1 aromatic rings. The van der Waals surface area contributed by atoms with Crippen molar-refractivity contribution >= 4 is 50.1 Å². The topological polar surface area (TPSA) is 29.1 Å². The summed E-state index contributed by atoms with van der Waals surface area (Å²) in [6, 6.07) is 5.78. The molecule has 1 rings (SSSR count). The molecule has 0 saturated heterocycles. The summed E-state index contributed by atoms with van der Waals surface area (Å²) >= 11 is 5.40. The molecule has 0 saturated carbocycles. The quantitative estimate of drug-likeness (QED) is 0.642. The van der Waals surface area contributed by atoms with Crippen molar-refractivity contribution in [2.75, 3.05) is 9.74 Å². The van der Waals surface area contributed by atoms with Gasteiger partial charge in [-0.2, -0.15) is 0 Å². The van der Waals surface area contributed by atoms with Crippen LogP contribution in [-0.2, 0) is 4.79 Å². The molecular weight excluding hydrogens is 345 g/mol. The van der Waals surface area contributed by atoms with Gasteiger partial charge in [0.1, 0.15) is 0 Å².